The minimum Gasteiger partial charge on any atom is -0.339 e. The predicted octanol–water partition coefficient (Wildman–Crippen LogP) is 1.34. The van der Waals surface area contributed by atoms with Crippen LogP contribution in [-0.4, -0.2) is 47.9 Å². The van der Waals surface area contributed by atoms with E-state index < -0.39 is 11.6 Å². The molecule has 0 unspecified atom stereocenters. The molecule has 0 aromatic heterocycles. The second kappa shape index (κ2) is 6.07. The Bertz CT molecular complexity index is 559. The average Bonchev–Trinajstić information content (AvgIpc) is 2.36. The Balaban J connectivity index is 1.83. The third-order valence-electron chi connectivity index (χ3n) is 3.40. The molecule has 7 heteroatoms. The van der Waals surface area contributed by atoms with Crippen LogP contribution in [0.3, 0.4) is 0 Å². The average molecular weight is 297 g/mol. The van der Waals surface area contributed by atoms with E-state index in [4.69, 9.17) is 0 Å². The Morgan fingerprint density at radius 2 is 2.00 bits per heavy atom. The molecule has 0 atom stereocenters. The molecule has 1 aromatic rings. The van der Waals surface area contributed by atoms with Crippen LogP contribution in [0.5, 0.6) is 0 Å². The van der Waals surface area contributed by atoms with Crippen molar-refractivity contribution in [1.29, 1.82) is 0 Å². The van der Waals surface area contributed by atoms with Gasteiger partial charge in [-0.15, -0.1) is 0 Å². The summed E-state index contributed by atoms with van der Waals surface area (Å²) in [6, 6.07) is 3.16. The van der Waals surface area contributed by atoms with Crippen LogP contribution in [-0.2, 0) is 11.3 Å². The minimum atomic E-state index is -0.933. The SMILES string of the molecule is CC(=O)N1CC(NC(=O)N(C)Cc2ccc(F)c(F)c2)C1. The summed E-state index contributed by atoms with van der Waals surface area (Å²) in [5.74, 6) is -1.86. The second-order valence-electron chi connectivity index (χ2n) is 5.17. The van der Waals surface area contributed by atoms with E-state index in [1.165, 1.54) is 17.9 Å². The number of hydrogen-bond acceptors (Lipinski definition) is 2. The monoisotopic (exact) mass is 297 g/mol. The number of amides is 3. The van der Waals surface area contributed by atoms with Crippen molar-refractivity contribution in [2.45, 2.75) is 19.5 Å². The summed E-state index contributed by atoms with van der Waals surface area (Å²) >= 11 is 0. The van der Waals surface area contributed by atoms with Crippen LogP contribution in [0.1, 0.15) is 12.5 Å². The Morgan fingerprint density at radius 1 is 1.33 bits per heavy atom. The Morgan fingerprint density at radius 3 is 2.57 bits per heavy atom. The summed E-state index contributed by atoms with van der Waals surface area (Å²) in [5.41, 5.74) is 0.505. The van der Waals surface area contributed by atoms with E-state index in [1.54, 1.807) is 11.9 Å². The van der Waals surface area contributed by atoms with Gasteiger partial charge in [0, 0.05) is 33.6 Å². The van der Waals surface area contributed by atoms with Gasteiger partial charge in [-0.05, 0) is 17.7 Å². The maximum atomic E-state index is 13.1. The fraction of sp³-hybridized carbons (Fsp3) is 0.429. The van der Waals surface area contributed by atoms with Crippen molar-refractivity contribution >= 4 is 11.9 Å². The van der Waals surface area contributed by atoms with Crippen LogP contribution < -0.4 is 5.32 Å². The zero-order chi connectivity index (χ0) is 15.6. The van der Waals surface area contributed by atoms with Gasteiger partial charge in [-0.25, -0.2) is 13.6 Å². The summed E-state index contributed by atoms with van der Waals surface area (Å²) in [6.45, 7) is 2.65. The van der Waals surface area contributed by atoms with Crippen molar-refractivity contribution in [3.63, 3.8) is 0 Å². The molecule has 1 N–H and O–H groups in total. The number of likely N-dealkylation sites (tertiary alicyclic amines) is 1. The Kier molecular flexibility index (Phi) is 4.40. The summed E-state index contributed by atoms with van der Waals surface area (Å²) < 4.78 is 25.9. The first kappa shape index (κ1) is 15.2. The normalized spacial score (nSPS) is 14.6. The number of carbonyl (C=O) groups excluding carboxylic acids is 2. The number of hydrogen-bond donors (Lipinski definition) is 1. The van der Waals surface area contributed by atoms with Crippen LogP contribution in [0.2, 0.25) is 0 Å². The summed E-state index contributed by atoms with van der Waals surface area (Å²) in [4.78, 5) is 26.0. The summed E-state index contributed by atoms with van der Waals surface area (Å²) in [7, 11) is 1.57. The second-order valence-corrected chi connectivity index (χ2v) is 5.17. The molecule has 1 saturated heterocycles. The lowest BCUT2D eigenvalue weighted by Gasteiger charge is -2.39. The molecular weight excluding hydrogens is 280 g/mol. The van der Waals surface area contributed by atoms with Crippen LogP contribution in [0.15, 0.2) is 18.2 Å². The van der Waals surface area contributed by atoms with Gasteiger partial charge < -0.3 is 15.1 Å². The van der Waals surface area contributed by atoms with E-state index in [-0.39, 0.29) is 24.5 Å². The highest BCUT2D eigenvalue weighted by Crippen LogP contribution is 2.11. The first-order chi connectivity index (χ1) is 9.86. The highest BCUT2D eigenvalue weighted by molar-refractivity contribution is 5.76. The molecule has 0 aliphatic carbocycles. The Hall–Kier alpha value is -2.18. The van der Waals surface area contributed by atoms with Gasteiger partial charge in [-0.2, -0.15) is 0 Å². The first-order valence-corrected chi connectivity index (χ1v) is 6.58. The molecule has 21 heavy (non-hydrogen) atoms. The molecule has 0 spiro atoms. The minimum absolute atomic E-state index is 0.0179. The predicted molar refractivity (Wildman–Crippen MR) is 72.4 cm³/mol. The van der Waals surface area contributed by atoms with Crippen molar-refractivity contribution in [3.8, 4) is 0 Å². The van der Waals surface area contributed by atoms with Gasteiger partial charge in [0.25, 0.3) is 0 Å². The highest BCUT2D eigenvalue weighted by atomic mass is 19.2. The van der Waals surface area contributed by atoms with Gasteiger partial charge in [-0.3, -0.25) is 4.79 Å². The van der Waals surface area contributed by atoms with Crippen molar-refractivity contribution < 1.29 is 18.4 Å². The topological polar surface area (TPSA) is 52.7 Å². The van der Waals surface area contributed by atoms with E-state index >= 15 is 0 Å². The van der Waals surface area contributed by atoms with Crippen molar-refractivity contribution in [1.82, 2.24) is 15.1 Å². The number of carbonyl (C=O) groups is 2. The Labute approximate surface area is 121 Å². The van der Waals surface area contributed by atoms with Crippen LogP contribution in [0.25, 0.3) is 0 Å². The molecule has 5 nitrogen and oxygen atoms in total. The maximum Gasteiger partial charge on any atom is 0.317 e. The fourth-order valence-electron chi connectivity index (χ4n) is 2.10. The van der Waals surface area contributed by atoms with E-state index in [0.717, 1.165) is 12.1 Å². The van der Waals surface area contributed by atoms with Crippen LogP contribution in [0, 0.1) is 11.6 Å². The van der Waals surface area contributed by atoms with E-state index in [2.05, 4.69) is 5.32 Å². The molecule has 1 fully saturated rings. The van der Waals surface area contributed by atoms with Crippen molar-refractivity contribution in [3.05, 3.63) is 35.4 Å². The third kappa shape index (κ3) is 3.68. The zero-order valence-electron chi connectivity index (χ0n) is 11.9. The fourth-order valence-corrected chi connectivity index (χ4v) is 2.10. The smallest absolute Gasteiger partial charge is 0.317 e. The molecule has 3 amide bonds. The zero-order valence-corrected chi connectivity index (χ0v) is 11.9. The molecule has 0 saturated carbocycles. The first-order valence-electron chi connectivity index (χ1n) is 6.58. The van der Waals surface area contributed by atoms with E-state index in [0.29, 0.717) is 18.7 Å². The molecule has 1 heterocycles. The maximum absolute atomic E-state index is 13.1. The van der Waals surface area contributed by atoms with Gasteiger partial charge in [0.1, 0.15) is 0 Å². The lowest BCUT2D eigenvalue weighted by atomic mass is 10.1. The van der Waals surface area contributed by atoms with Gasteiger partial charge >= 0.3 is 6.03 Å². The number of halogens is 2. The van der Waals surface area contributed by atoms with Crippen LogP contribution >= 0.6 is 0 Å². The number of urea groups is 1. The number of benzene rings is 1. The molecular formula is C14H17F2N3O2. The lowest BCUT2D eigenvalue weighted by molar-refractivity contribution is -0.133. The molecule has 114 valence electrons. The van der Waals surface area contributed by atoms with E-state index in [1.807, 2.05) is 0 Å². The molecule has 2 rings (SSSR count). The summed E-state index contributed by atoms with van der Waals surface area (Å²) in [6.07, 6.45) is 0. The molecule has 0 bridgehead atoms. The van der Waals surface area contributed by atoms with Crippen LogP contribution in [0.4, 0.5) is 13.6 Å². The van der Waals surface area contributed by atoms with Gasteiger partial charge in [-0.1, -0.05) is 6.07 Å². The van der Waals surface area contributed by atoms with Gasteiger partial charge in [0.05, 0.1) is 6.04 Å². The van der Waals surface area contributed by atoms with E-state index in [9.17, 15) is 18.4 Å². The quantitative estimate of drug-likeness (QED) is 0.915. The lowest BCUT2D eigenvalue weighted by Crippen LogP contribution is -2.61. The highest BCUT2D eigenvalue weighted by Gasteiger charge is 2.30. The standard InChI is InChI=1S/C14H17F2N3O2/c1-9(20)19-7-11(8-19)17-14(21)18(2)6-10-3-4-12(15)13(16)5-10/h3-5,11H,6-8H2,1-2H3,(H,17,21). The number of rotatable bonds is 3. The largest absolute Gasteiger partial charge is 0.339 e. The third-order valence-corrected chi connectivity index (χ3v) is 3.40. The van der Waals surface area contributed by atoms with Crippen molar-refractivity contribution in [2.75, 3.05) is 20.1 Å². The molecule has 1 aliphatic heterocycles. The number of nitrogens with zero attached hydrogens (tertiary/aromatic N) is 2. The molecule has 1 aliphatic rings. The van der Waals surface area contributed by atoms with Gasteiger partial charge in [0.15, 0.2) is 11.6 Å². The van der Waals surface area contributed by atoms with Gasteiger partial charge in [0.2, 0.25) is 5.91 Å². The summed E-state index contributed by atoms with van der Waals surface area (Å²) in [5, 5.41) is 2.77. The number of nitrogens with one attached hydrogen (secondary N) is 1. The molecule has 1 aromatic carbocycles. The molecule has 0 radical (unpaired) electrons. The van der Waals surface area contributed by atoms with Crippen molar-refractivity contribution in [2.24, 2.45) is 0 Å².